The number of thiophene rings is 2. The number of aryl methyl sites for hydroxylation is 1. The fourth-order valence-electron chi connectivity index (χ4n) is 3.96. The van der Waals surface area contributed by atoms with Gasteiger partial charge in [-0.3, -0.25) is 0 Å². The van der Waals surface area contributed by atoms with Crippen molar-refractivity contribution in [1.29, 1.82) is 0 Å². The normalized spacial score (nSPS) is 15.8. The monoisotopic (exact) mass is 497 g/mol. The number of nitrogens with zero attached hydrogens (tertiary/aromatic N) is 1. The van der Waals surface area contributed by atoms with Crippen LogP contribution in [0.3, 0.4) is 0 Å². The molecule has 0 radical (unpaired) electrons. The molecule has 3 rings (SSSR count). The van der Waals surface area contributed by atoms with Crippen LogP contribution in [0.5, 0.6) is 0 Å². The first-order valence-electron chi connectivity index (χ1n) is 11.4. The van der Waals surface area contributed by atoms with Crippen LogP contribution in [0.15, 0.2) is 14.8 Å². The third kappa shape index (κ3) is 6.54. The number of aliphatic imine (C=N–C) groups is 1. The number of hydrogen-bond donors (Lipinski definition) is 0. The first-order chi connectivity index (χ1) is 14.0. The van der Waals surface area contributed by atoms with E-state index in [1.54, 1.807) is 0 Å². The minimum Gasteiger partial charge on any atom is -0.474 e. The predicted octanol–water partition coefficient (Wildman–Crippen LogP) is 9.13. The van der Waals surface area contributed by atoms with Gasteiger partial charge in [0.2, 0.25) is 5.90 Å². The highest BCUT2D eigenvalue weighted by Crippen LogP contribution is 2.42. The Labute approximate surface area is 193 Å². The molecular weight excluding hydrogens is 462 g/mol. The van der Waals surface area contributed by atoms with E-state index in [-0.39, 0.29) is 5.54 Å². The van der Waals surface area contributed by atoms with Gasteiger partial charge in [0, 0.05) is 9.85 Å². The number of halogens is 1. The molecule has 2 aromatic rings. The zero-order chi connectivity index (χ0) is 20.7. The summed E-state index contributed by atoms with van der Waals surface area (Å²) in [6.45, 7) is 7.27. The van der Waals surface area contributed by atoms with E-state index < -0.39 is 0 Å². The van der Waals surface area contributed by atoms with Crippen LogP contribution >= 0.6 is 38.6 Å². The Hall–Kier alpha value is -0.390. The molecule has 3 heterocycles. The Morgan fingerprint density at radius 1 is 0.966 bits per heavy atom. The smallest absolute Gasteiger partial charge is 0.227 e. The maximum atomic E-state index is 5.99. The van der Waals surface area contributed by atoms with Crippen LogP contribution in [0.25, 0.3) is 9.40 Å². The first kappa shape index (κ1) is 23.3. The summed E-state index contributed by atoms with van der Waals surface area (Å²) >= 11 is 7.42. The van der Waals surface area contributed by atoms with Crippen molar-refractivity contribution >= 4 is 53.9 Å². The molecule has 1 aliphatic rings. The highest BCUT2D eigenvalue weighted by atomic mass is 79.9. The summed E-state index contributed by atoms with van der Waals surface area (Å²) in [5, 5.41) is 2.22. The molecule has 5 heteroatoms. The lowest BCUT2D eigenvalue weighted by Gasteiger charge is -2.07. The zero-order valence-electron chi connectivity index (χ0n) is 18.3. The van der Waals surface area contributed by atoms with Gasteiger partial charge in [0.05, 0.1) is 19.8 Å². The van der Waals surface area contributed by atoms with Gasteiger partial charge in [-0.1, -0.05) is 71.1 Å². The molecule has 0 amide bonds. The van der Waals surface area contributed by atoms with Crippen molar-refractivity contribution in [3.63, 3.8) is 0 Å². The molecule has 2 aromatic heterocycles. The SMILES string of the molecule is CCCCCCCCCCCCCc1c(C2=NC(C)(C)CO2)sc2c(Br)csc12. The summed E-state index contributed by atoms with van der Waals surface area (Å²) in [6, 6.07) is 0. The fourth-order valence-corrected chi connectivity index (χ4v) is 7.22. The number of fused-ring (bicyclic) bond motifs is 1. The molecule has 162 valence electrons. The number of unbranched alkanes of at least 4 members (excludes halogenated alkanes) is 10. The first-order valence-corrected chi connectivity index (χ1v) is 13.9. The Morgan fingerprint density at radius 3 is 2.17 bits per heavy atom. The van der Waals surface area contributed by atoms with Crippen molar-refractivity contribution in [3.8, 4) is 0 Å². The van der Waals surface area contributed by atoms with Crippen molar-refractivity contribution in [2.75, 3.05) is 6.61 Å². The van der Waals surface area contributed by atoms with Gasteiger partial charge in [0.1, 0.15) is 6.61 Å². The van der Waals surface area contributed by atoms with Crippen LogP contribution < -0.4 is 0 Å². The maximum Gasteiger partial charge on any atom is 0.227 e. The average Bonchev–Trinajstić information content (AvgIpc) is 3.34. The van der Waals surface area contributed by atoms with Crippen LogP contribution in [0.4, 0.5) is 0 Å². The van der Waals surface area contributed by atoms with Crippen LogP contribution in [-0.4, -0.2) is 18.0 Å². The number of rotatable bonds is 13. The second-order valence-corrected chi connectivity index (χ2v) is 11.7. The molecule has 0 atom stereocenters. The van der Waals surface area contributed by atoms with E-state index in [0.717, 1.165) is 12.3 Å². The molecule has 0 unspecified atom stereocenters. The van der Waals surface area contributed by atoms with Crippen LogP contribution in [0.1, 0.15) is 102 Å². The van der Waals surface area contributed by atoms with E-state index in [2.05, 4.69) is 42.1 Å². The minimum atomic E-state index is -0.0994. The van der Waals surface area contributed by atoms with Crippen molar-refractivity contribution in [3.05, 3.63) is 20.3 Å². The summed E-state index contributed by atoms with van der Waals surface area (Å²) in [4.78, 5) is 6.12. The van der Waals surface area contributed by atoms with Gasteiger partial charge in [-0.2, -0.15) is 0 Å². The summed E-state index contributed by atoms with van der Waals surface area (Å²) in [6.07, 6.45) is 16.4. The maximum absolute atomic E-state index is 5.99. The summed E-state index contributed by atoms with van der Waals surface area (Å²) < 4.78 is 10.00. The highest BCUT2D eigenvalue weighted by Gasteiger charge is 2.30. The molecule has 0 aliphatic carbocycles. The van der Waals surface area contributed by atoms with Gasteiger partial charge >= 0.3 is 0 Å². The lowest BCUT2D eigenvalue weighted by Crippen LogP contribution is -2.17. The third-order valence-corrected chi connectivity index (χ3v) is 9.26. The Balaban J connectivity index is 1.47. The molecule has 0 bridgehead atoms. The summed E-state index contributed by atoms with van der Waals surface area (Å²) in [5.41, 5.74) is 1.37. The van der Waals surface area contributed by atoms with Crippen molar-refractivity contribution in [1.82, 2.24) is 0 Å². The van der Waals surface area contributed by atoms with E-state index in [0.29, 0.717) is 6.61 Å². The van der Waals surface area contributed by atoms with Gasteiger partial charge in [-0.05, 0) is 48.2 Å². The van der Waals surface area contributed by atoms with Crippen molar-refractivity contribution in [2.24, 2.45) is 4.99 Å². The topological polar surface area (TPSA) is 21.6 Å². The fraction of sp³-hybridized carbons (Fsp3) is 0.708. The van der Waals surface area contributed by atoms with E-state index >= 15 is 0 Å². The second-order valence-electron chi connectivity index (χ2n) is 8.96. The molecule has 0 N–H and O–H groups in total. The highest BCUT2D eigenvalue weighted by molar-refractivity contribution is 9.10. The summed E-state index contributed by atoms with van der Waals surface area (Å²) in [7, 11) is 0. The molecule has 29 heavy (non-hydrogen) atoms. The molecule has 0 fully saturated rings. The molecule has 0 aromatic carbocycles. The second kappa shape index (κ2) is 11.3. The average molecular weight is 499 g/mol. The van der Waals surface area contributed by atoms with Crippen LogP contribution in [-0.2, 0) is 11.2 Å². The molecule has 0 saturated heterocycles. The van der Waals surface area contributed by atoms with Gasteiger partial charge in [0.15, 0.2) is 0 Å². The minimum absolute atomic E-state index is 0.0994. The summed E-state index contributed by atoms with van der Waals surface area (Å²) in [5.74, 6) is 0.869. The molecule has 0 spiro atoms. The van der Waals surface area contributed by atoms with E-state index in [1.165, 1.54) is 94.9 Å². The van der Waals surface area contributed by atoms with Crippen molar-refractivity contribution < 1.29 is 4.74 Å². The Kier molecular flexibility index (Phi) is 9.06. The Bertz CT molecular complexity index is 805. The predicted molar refractivity (Wildman–Crippen MR) is 134 cm³/mol. The molecule has 0 saturated carbocycles. The lowest BCUT2D eigenvalue weighted by molar-refractivity contribution is 0.280. The largest absolute Gasteiger partial charge is 0.474 e. The quantitative estimate of drug-likeness (QED) is 0.252. The molecule has 2 nitrogen and oxygen atoms in total. The number of hydrogen-bond acceptors (Lipinski definition) is 4. The van der Waals surface area contributed by atoms with Gasteiger partial charge < -0.3 is 4.74 Å². The van der Waals surface area contributed by atoms with Crippen LogP contribution in [0.2, 0.25) is 0 Å². The zero-order valence-corrected chi connectivity index (χ0v) is 21.5. The number of ether oxygens (including phenoxy) is 1. The van der Waals surface area contributed by atoms with Gasteiger partial charge in [0.25, 0.3) is 0 Å². The van der Waals surface area contributed by atoms with E-state index in [9.17, 15) is 0 Å². The Morgan fingerprint density at radius 2 is 1.59 bits per heavy atom. The van der Waals surface area contributed by atoms with E-state index in [1.807, 2.05) is 22.7 Å². The van der Waals surface area contributed by atoms with Gasteiger partial charge in [-0.25, -0.2) is 4.99 Å². The third-order valence-electron chi connectivity index (χ3n) is 5.65. The molecule has 1 aliphatic heterocycles. The van der Waals surface area contributed by atoms with Gasteiger partial charge in [-0.15, -0.1) is 22.7 Å². The van der Waals surface area contributed by atoms with Crippen molar-refractivity contribution in [2.45, 2.75) is 103 Å². The standard InChI is InChI=1S/C24H36BrNOS2/c1-4-5-6-7-8-9-10-11-12-13-14-15-18-20-22(19(25)16-28-20)29-21(18)23-26-24(2,3)17-27-23/h16H,4-15,17H2,1-3H3. The lowest BCUT2D eigenvalue weighted by atomic mass is 10.0. The van der Waals surface area contributed by atoms with Crippen LogP contribution in [0, 0.1) is 0 Å². The molecular formula is C24H36BrNOS2. The van der Waals surface area contributed by atoms with E-state index in [4.69, 9.17) is 9.73 Å².